The quantitative estimate of drug-likeness (QED) is 0.189. The average Bonchev–Trinajstić information content (AvgIpc) is 3.39. The molecule has 5 rings (SSSR count). The van der Waals surface area contributed by atoms with Gasteiger partial charge in [-0.2, -0.15) is 18.3 Å². The molecule has 0 atom stereocenters. The lowest BCUT2D eigenvalue weighted by Gasteiger charge is -2.12. The third kappa shape index (κ3) is 5.66. The molecular formula is C26H19F3N6O4S. The second-order valence-corrected chi connectivity index (χ2v) is 9.25. The Bertz CT molecular complexity index is 1700. The predicted octanol–water partition coefficient (Wildman–Crippen LogP) is 4.38. The molecule has 0 saturated carbocycles. The third-order valence-corrected chi connectivity index (χ3v) is 6.72. The van der Waals surface area contributed by atoms with E-state index in [2.05, 4.69) is 20.2 Å². The van der Waals surface area contributed by atoms with Crippen molar-refractivity contribution in [1.82, 2.24) is 29.4 Å². The highest BCUT2D eigenvalue weighted by Gasteiger charge is 2.30. The summed E-state index contributed by atoms with van der Waals surface area (Å²) in [5, 5.41) is 8.46. The van der Waals surface area contributed by atoms with Crippen molar-refractivity contribution in [3.8, 4) is 17.4 Å². The molecule has 0 aliphatic carbocycles. The van der Waals surface area contributed by atoms with Gasteiger partial charge in [0.2, 0.25) is 5.88 Å². The standard InChI is InChI=1S/C26H19F3N6O4S/c1-38-20-8-4-16(5-9-20)14-39-22-12-30-21(11-31-22)34-24(37)23-18(13-36)10-32-35(23)33-25(34)40-15-17-2-6-19(7-3-17)26(27,28)29/h2-13H,14-15H2,1H3. The summed E-state index contributed by atoms with van der Waals surface area (Å²) in [6.45, 7) is 0.220. The van der Waals surface area contributed by atoms with Crippen LogP contribution < -0.4 is 15.0 Å². The lowest BCUT2D eigenvalue weighted by molar-refractivity contribution is -0.137. The summed E-state index contributed by atoms with van der Waals surface area (Å²) in [4.78, 5) is 33.5. The predicted molar refractivity (Wildman–Crippen MR) is 138 cm³/mol. The topological polar surface area (TPSA) is 113 Å². The Hall–Kier alpha value is -4.72. The number of alkyl halides is 3. The van der Waals surface area contributed by atoms with E-state index in [1.165, 1.54) is 35.3 Å². The molecule has 5 aromatic rings. The van der Waals surface area contributed by atoms with E-state index in [-0.39, 0.29) is 40.3 Å². The van der Waals surface area contributed by atoms with Crippen molar-refractivity contribution in [3.63, 3.8) is 0 Å². The maximum absolute atomic E-state index is 13.5. The van der Waals surface area contributed by atoms with E-state index in [4.69, 9.17) is 9.47 Å². The fraction of sp³-hybridized carbons (Fsp3) is 0.154. The first-order chi connectivity index (χ1) is 19.3. The Labute approximate surface area is 228 Å². The lowest BCUT2D eigenvalue weighted by Crippen LogP contribution is -2.26. The number of hydrogen-bond acceptors (Lipinski definition) is 9. The molecule has 0 bridgehead atoms. The summed E-state index contributed by atoms with van der Waals surface area (Å²) in [6.07, 6.45) is -0.0725. The van der Waals surface area contributed by atoms with Crippen LogP contribution in [0, 0.1) is 0 Å². The average molecular weight is 569 g/mol. The molecule has 40 heavy (non-hydrogen) atoms. The van der Waals surface area contributed by atoms with E-state index in [0.717, 1.165) is 34.1 Å². The summed E-state index contributed by atoms with van der Waals surface area (Å²) in [7, 11) is 1.58. The molecule has 0 spiro atoms. The van der Waals surface area contributed by atoms with Crippen molar-refractivity contribution in [2.75, 3.05) is 7.11 Å². The number of thioether (sulfide) groups is 1. The van der Waals surface area contributed by atoms with Gasteiger partial charge >= 0.3 is 6.18 Å². The molecule has 3 aromatic heterocycles. The highest BCUT2D eigenvalue weighted by atomic mass is 32.2. The van der Waals surface area contributed by atoms with Gasteiger partial charge in [-0.1, -0.05) is 36.0 Å². The van der Waals surface area contributed by atoms with Crippen LogP contribution in [-0.2, 0) is 18.5 Å². The van der Waals surface area contributed by atoms with Gasteiger partial charge in [-0.25, -0.2) is 14.5 Å². The molecule has 0 aliphatic heterocycles. The Kier molecular flexibility index (Phi) is 7.51. The van der Waals surface area contributed by atoms with Crippen LogP contribution in [0.1, 0.15) is 27.0 Å². The maximum atomic E-state index is 13.5. The van der Waals surface area contributed by atoms with E-state index < -0.39 is 17.3 Å². The summed E-state index contributed by atoms with van der Waals surface area (Å²) < 4.78 is 51.8. The first-order valence-electron chi connectivity index (χ1n) is 11.6. The van der Waals surface area contributed by atoms with E-state index >= 15 is 0 Å². The molecule has 14 heteroatoms. The van der Waals surface area contributed by atoms with Crippen LogP contribution in [-0.4, -0.2) is 42.8 Å². The fourth-order valence-electron chi connectivity index (χ4n) is 3.65. The van der Waals surface area contributed by atoms with E-state index in [1.807, 2.05) is 12.1 Å². The zero-order valence-electron chi connectivity index (χ0n) is 20.7. The zero-order chi connectivity index (χ0) is 28.3. The Balaban J connectivity index is 1.42. The molecule has 10 nitrogen and oxygen atoms in total. The number of benzene rings is 2. The smallest absolute Gasteiger partial charge is 0.416 e. The van der Waals surface area contributed by atoms with Crippen molar-refractivity contribution in [2.24, 2.45) is 0 Å². The molecule has 2 aromatic carbocycles. The SMILES string of the molecule is COc1ccc(COc2cnc(-n3c(SCc4ccc(C(F)(F)F)cc4)nn4ncc(C=O)c4c3=O)cn2)cc1. The number of aromatic nitrogens is 6. The van der Waals surface area contributed by atoms with Crippen LogP contribution in [0.3, 0.4) is 0 Å². The van der Waals surface area contributed by atoms with Crippen molar-refractivity contribution in [2.45, 2.75) is 23.7 Å². The number of nitrogens with zero attached hydrogens (tertiary/aromatic N) is 6. The first kappa shape index (κ1) is 26.9. The van der Waals surface area contributed by atoms with Gasteiger partial charge in [0.25, 0.3) is 5.56 Å². The molecule has 0 fully saturated rings. The van der Waals surface area contributed by atoms with Crippen molar-refractivity contribution < 1.29 is 27.4 Å². The highest BCUT2D eigenvalue weighted by molar-refractivity contribution is 7.98. The normalized spacial score (nSPS) is 11.5. The molecule has 3 heterocycles. The molecular weight excluding hydrogens is 549 g/mol. The number of halogens is 3. The summed E-state index contributed by atoms with van der Waals surface area (Å²) in [5.74, 6) is 1.21. The monoisotopic (exact) mass is 568 g/mol. The Morgan fingerprint density at radius 2 is 1.70 bits per heavy atom. The maximum Gasteiger partial charge on any atom is 0.416 e. The number of carbonyl (C=O) groups excluding carboxylic acids is 1. The second-order valence-electron chi connectivity index (χ2n) is 8.31. The number of aldehydes is 1. The summed E-state index contributed by atoms with van der Waals surface area (Å²) >= 11 is 1.08. The van der Waals surface area contributed by atoms with Gasteiger partial charge in [0.15, 0.2) is 22.8 Å². The molecule has 0 amide bonds. The third-order valence-electron chi connectivity index (χ3n) is 5.72. The molecule has 0 saturated heterocycles. The number of carbonyl (C=O) groups is 1. The summed E-state index contributed by atoms with van der Waals surface area (Å²) in [6, 6.07) is 12.0. The largest absolute Gasteiger partial charge is 0.497 e. The molecule has 204 valence electrons. The molecule has 0 aliphatic rings. The van der Waals surface area contributed by atoms with Crippen LogP contribution in [0.4, 0.5) is 13.2 Å². The number of fused-ring (bicyclic) bond motifs is 1. The zero-order valence-corrected chi connectivity index (χ0v) is 21.5. The number of rotatable bonds is 9. The van der Waals surface area contributed by atoms with Gasteiger partial charge in [-0.05, 0) is 35.4 Å². The van der Waals surface area contributed by atoms with Gasteiger partial charge in [0, 0.05) is 5.75 Å². The van der Waals surface area contributed by atoms with E-state index in [9.17, 15) is 22.8 Å². The Morgan fingerprint density at radius 3 is 2.33 bits per heavy atom. The van der Waals surface area contributed by atoms with Gasteiger partial charge in [0.05, 0.1) is 36.8 Å². The van der Waals surface area contributed by atoms with E-state index in [1.54, 1.807) is 19.2 Å². The van der Waals surface area contributed by atoms with E-state index in [0.29, 0.717) is 17.6 Å². The van der Waals surface area contributed by atoms with Crippen LogP contribution in [0.2, 0.25) is 0 Å². The van der Waals surface area contributed by atoms with Gasteiger partial charge < -0.3 is 9.47 Å². The number of ether oxygens (including phenoxy) is 2. The van der Waals surface area contributed by atoms with Crippen LogP contribution >= 0.6 is 11.8 Å². The minimum Gasteiger partial charge on any atom is -0.497 e. The van der Waals surface area contributed by atoms with Gasteiger partial charge in [-0.15, -0.1) is 9.73 Å². The van der Waals surface area contributed by atoms with Gasteiger partial charge in [0.1, 0.15) is 12.4 Å². The second kappa shape index (κ2) is 11.2. The minimum atomic E-state index is -4.45. The van der Waals surface area contributed by atoms with Crippen molar-refractivity contribution in [3.05, 3.63) is 99.7 Å². The van der Waals surface area contributed by atoms with Crippen molar-refractivity contribution in [1.29, 1.82) is 0 Å². The first-order valence-corrected chi connectivity index (χ1v) is 12.6. The van der Waals surface area contributed by atoms with Gasteiger partial charge in [-0.3, -0.25) is 9.59 Å². The van der Waals surface area contributed by atoms with Crippen LogP contribution in [0.5, 0.6) is 11.6 Å². The molecule has 0 N–H and O–H groups in total. The lowest BCUT2D eigenvalue weighted by atomic mass is 10.1. The van der Waals surface area contributed by atoms with Crippen LogP contribution in [0.25, 0.3) is 11.3 Å². The fourth-order valence-corrected chi connectivity index (χ4v) is 4.58. The number of hydrogen-bond donors (Lipinski definition) is 0. The Morgan fingerprint density at radius 1 is 0.975 bits per heavy atom. The highest BCUT2D eigenvalue weighted by Crippen LogP contribution is 2.30. The summed E-state index contributed by atoms with van der Waals surface area (Å²) in [5.41, 5.74) is 0.0438. The van der Waals surface area contributed by atoms with Crippen molar-refractivity contribution >= 4 is 23.6 Å². The number of methoxy groups -OCH3 is 1. The molecule has 0 unspecified atom stereocenters. The molecule has 0 radical (unpaired) electrons. The minimum absolute atomic E-state index is 0.0398. The van der Waals surface area contributed by atoms with Crippen LogP contribution in [0.15, 0.2) is 77.1 Å².